The molecule has 1 atom stereocenters. The van der Waals surface area contributed by atoms with Gasteiger partial charge >= 0.3 is 6.09 Å². The lowest BCUT2D eigenvalue weighted by Gasteiger charge is -2.16. The average Bonchev–Trinajstić information content (AvgIpc) is 2.33. The number of carbonyl (C=O) groups is 1. The molecule has 0 bridgehead atoms. The smallest absolute Gasteiger partial charge is 0.433 e. The first kappa shape index (κ1) is 7.94. The summed E-state index contributed by atoms with van der Waals surface area (Å²) in [6, 6.07) is 0. The number of hydrogen-bond acceptors (Lipinski definition) is 2. The first-order valence-corrected chi connectivity index (χ1v) is 3.48. The molecule has 0 aliphatic carbocycles. The van der Waals surface area contributed by atoms with Crippen LogP contribution in [0.2, 0.25) is 0 Å². The van der Waals surface area contributed by atoms with Gasteiger partial charge in [-0.3, -0.25) is 0 Å². The number of carboxylic acid groups (broad SMARTS) is 1. The molecule has 0 saturated heterocycles. The molecule has 4 nitrogen and oxygen atoms in total. The lowest BCUT2D eigenvalue weighted by Crippen LogP contribution is -2.40. The van der Waals surface area contributed by atoms with Crippen LogP contribution in [0.15, 0.2) is 17.4 Å². The van der Waals surface area contributed by atoms with Crippen LogP contribution in [0.4, 0.5) is 4.79 Å². The van der Waals surface area contributed by atoms with E-state index in [4.69, 9.17) is 5.11 Å². The van der Waals surface area contributed by atoms with Crippen molar-refractivity contribution in [2.75, 3.05) is 6.54 Å². The van der Waals surface area contributed by atoms with Crippen molar-refractivity contribution in [1.29, 1.82) is 0 Å². The minimum atomic E-state index is -0.930. The van der Waals surface area contributed by atoms with E-state index in [0.717, 1.165) is 5.71 Å². The molecular weight excluding hydrogens is 144 g/mol. The summed E-state index contributed by atoms with van der Waals surface area (Å²) in [6.45, 7) is 4.03. The normalized spacial score (nSPS) is 28.7. The van der Waals surface area contributed by atoms with Gasteiger partial charge in [-0.05, 0) is 13.8 Å². The van der Waals surface area contributed by atoms with E-state index in [1.807, 2.05) is 0 Å². The maximum Gasteiger partial charge on any atom is 0.545 e. The number of allylic oxidation sites excluding steroid dienone is 1. The Morgan fingerprint density at radius 1 is 1.82 bits per heavy atom. The fourth-order valence-electron chi connectivity index (χ4n) is 0.997. The van der Waals surface area contributed by atoms with Crippen LogP contribution in [0.1, 0.15) is 13.8 Å². The van der Waals surface area contributed by atoms with Gasteiger partial charge in [0.25, 0.3) is 0 Å². The zero-order valence-corrected chi connectivity index (χ0v) is 6.61. The van der Waals surface area contributed by atoms with E-state index in [1.54, 1.807) is 26.1 Å². The van der Waals surface area contributed by atoms with E-state index in [2.05, 4.69) is 5.10 Å². The van der Waals surface area contributed by atoms with Crippen LogP contribution < -0.4 is 0 Å². The van der Waals surface area contributed by atoms with E-state index < -0.39 is 6.09 Å². The minimum absolute atomic E-state index is 0.314. The highest BCUT2D eigenvalue weighted by Crippen LogP contribution is 2.16. The van der Waals surface area contributed by atoms with Gasteiger partial charge in [0.15, 0.2) is 0 Å². The maximum atomic E-state index is 10.7. The molecule has 1 amide bonds. The second-order valence-electron chi connectivity index (χ2n) is 2.48. The van der Waals surface area contributed by atoms with Crippen LogP contribution in [0.5, 0.6) is 0 Å². The number of hydrogen-bond donors (Lipinski definition) is 1. The van der Waals surface area contributed by atoms with Crippen molar-refractivity contribution in [1.82, 2.24) is 0 Å². The Morgan fingerprint density at radius 2 is 2.45 bits per heavy atom. The maximum absolute atomic E-state index is 10.7. The highest BCUT2D eigenvalue weighted by Gasteiger charge is 2.36. The van der Waals surface area contributed by atoms with E-state index in [1.165, 1.54) is 0 Å². The van der Waals surface area contributed by atoms with Gasteiger partial charge in [-0.15, -0.1) is 0 Å². The number of amides is 1. The second kappa shape index (κ2) is 2.47. The molecule has 1 aliphatic heterocycles. The van der Waals surface area contributed by atoms with Crippen LogP contribution in [0.25, 0.3) is 0 Å². The fourth-order valence-corrected chi connectivity index (χ4v) is 0.997. The summed E-state index contributed by atoms with van der Waals surface area (Å²) in [4.78, 5) is 10.7. The number of rotatable bonds is 1. The highest BCUT2D eigenvalue weighted by atomic mass is 16.4. The molecule has 1 rings (SSSR count). The summed E-state index contributed by atoms with van der Waals surface area (Å²) < 4.78 is -0.314. The van der Waals surface area contributed by atoms with Crippen LogP contribution >= 0.6 is 0 Å². The molecule has 1 aliphatic rings. The lowest BCUT2D eigenvalue weighted by atomic mass is 10.4. The summed E-state index contributed by atoms with van der Waals surface area (Å²) in [6.07, 6.45) is 2.37. The first-order valence-electron chi connectivity index (χ1n) is 3.48. The predicted molar refractivity (Wildman–Crippen MR) is 41.1 cm³/mol. The van der Waals surface area contributed by atoms with Gasteiger partial charge in [-0.25, -0.2) is 0 Å². The topological polar surface area (TPSA) is 49.7 Å². The zero-order valence-electron chi connectivity index (χ0n) is 6.61. The third-order valence-electron chi connectivity index (χ3n) is 1.71. The van der Waals surface area contributed by atoms with Gasteiger partial charge in [-0.1, -0.05) is 9.69 Å². The predicted octanol–water partition coefficient (Wildman–Crippen LogP) is 1.40. The number of quaternary nitrogens is 1. The summed E-state index contributed by atoms with van der Waals surface area (Å²) in [7, 11) is 0. The van der Waals surface area contributed by atoms with Crippen molar-refractivity contribution >= 4 is 11.8 Å². The quantitative estimate of drug-likeness (QED) is 0.582. The molecule has 60 valence electrons. The molecule has 0 aromatic heterocycles. The molecule has 1 unspecified atom stereocenters. The van der Waals surface area contributed by atoms with Crippen molar-refractivity contribution in [2.24, 2.45) is 5.10 Å². The van der Waals surface area contributed by atoms with Crippen molar-refractivity contribution in [2.45, 2.75) is 13.8 Å². The first-order chi connectivity index (χ1) is 5.10. The third kappa shape index (κ3) is 1.17. The summed E-state index contributed by atoms with van der Waals surface area (Å²) in [5.41, 5.74) is 0.759. The van der Waals surface area contributed by atoms with Gasteiger partial charge in [0, 0.05) is 6.08 Å². The average molecular weight is 155 g/mol. The Kier molecular flexibility index (Phi) is 1.78. The highest BCUT2D eigenvalue weighted by molar-refractivity contribution is 5.93. The largest absolute Gasteiger partial charge is 0.545 e. The fraction of sp³-hybridized carbons (Fsp3) is 0.429. The van der Waals surface area contributed by atoms with E-state index in [-0.39, 0.29) is 4.59 Å². The van der Waals surface area contributed by atoms with E-state index in [0.29, 0.717) is 6.54 Å². The van der Waals surface area contributed by atoms with Crippen LogP contribution in [0.3, 0.4) is 0 Å². The van der Waals surface area contributed by atoms with Gasteiger partial charge in [0.05, 0.1) is 5.71 Å². The van der Waals surface area contributed by atoms with E-state index >= 15 is 0 Å². The third-order valence-corrected chi connectivity index (χ3v) is 1.71. The summed E-state index contributed by atoms with van der Waals surface area (Å²) >= 11 is 0. The Labute approximate surface area is 65.0 Å². The van der Waals surface area contributed by atoms with Gasteiger partial charge in [0.2, 0.25) is 0 Å². The summed E-state index contributed by atoms with van der Waals surface area (Å²) in [5.74, 6) is 0. The Hall–Kier alpha value is -1.16. The van der Waals surface area contributed by atoms with E-state index in [9.17, 15) is 4.79 Å². The standard InChI is InChI=1S/C7H10N2O2/c1-3-9(7(10)11)5-4-6(2)8-9/h4-5H,3H2,1-2H3/p+1. The van der Waals surface area contributed by atoms with Gasteiger partial charge in [-0.2, -0.15) is 4.79 Å². The monoisotopic (exact) mass is 155 g/mol. The van der Waals surface area contributed by atoms with Crippen molar-refractivity contribution in [3.05, 3.63) is 12.3 Å². The molecule has 1 heterocycles. The SMILES string of the molecule is CC[N+]1(C(=O)O)C=CC(C)=N1. The minimum Gasteiger partial charge on any atom is -0.433 e. The Balaban J connectivity index is 2.98. The summed E-state index contributed by atoms with van der Waals surface area (Å²) in [5, 5.41) is 12.8. The van der Waals surface area contributed by atoms with Crippen LogP contribution in [-0.4, -0.2) is 28.0 Å². The van der Waals surface area contributed by atoms with Gasteiger partial charge < -0.3 is 5.11 Å². The molecule has 1 N–H and O–H groups in total. The van der Waals surface area contributed by atoms with Crippen molar-refractivity contribution < 1.29 is 14.5 Å². The lowest BCUT2D eigenvalue weighted by molar-refractivity contribution is -0.808. The molecule has 11 heavy (non-hydrogen) atoms. The molecular formula is C7H11N2O2+. The van der Waals surface area contributed by atoms with Crippen molar-refractivity contribution in [3.8, 4) is 0 Å². The molecule has 0 saturated carbocycles. The molecule has 0 spiro atoms. The second-order valence-corrected chi connectivity index (χ2v) is 2.48. The van der Waals surface area contributed by atoms with Crippen molar-refractivity contribution in [3.63, 3.8) is 0 Å². The molecule has 0 fully saturated rings. The molecule has 0 aromatic carbocycles. The van der Waals surface area contributed by atoms with Crippen LogP contribution in [-0.2, 0) is 0 Å². The molecule has 0 aromatic rings. The Bertz CT molecular complexity index is 245. The van der Waals surface area contributed by atoms with Gasteiger partial charge in [0.1, 0.15) is 12.7 Å². The molecule has 0 radical (unpaired) electrons. The Morgan fingerprint density at radius 3 is 2.64 bits per heavy atom. The van der Waals surface area contributed by atoms with Crippen LogP contribution in [0, 0.1) is 0 Å². The molecule has 4 heteroatoms. The zero-order chi connectivity index (χ0) is 8.48. The number of nitrogens with zero attached hydrogens (tertiary/aromatic N) is 2.